The smallest absolute Gasteiger partial charge is 0.251 e. The molecule has 2 heterocycles. The van der Waals surface area contributed by atoms with Crippen molar-refractivity contribution in [3.8, 4) is 5.75 Å². The number of likely N-dealkylation sites (tertiary alicyclic amines) is 1. The highest BCUT2D eigenvalue weighted by atomic mass is 16.5. The van der Waals surface area contributed by atoms with E-state index in [0.29, 0.717) is 12.2 Å². The molecule has 176 valence electrons. The van der Waals surface area contributed by atoms with E-state index in [0.717, 1.165) is 44.6 Å². The van der Waals surface area contributed by atoms with Crippen molar-refractivity contribution < 1.29 is 14.3 Å². The molecular formula is C28H36N2O3. The van der Waals surface area contributed by atoms with E-state index < -0.39 is 0 Å². The first-order valence-corrected chi connectivity index (χ1v) is 12.7. The van der Waals surface area contributed by atoms with Gasteiger partial charge in [-0.2, -0.15) is 0 Å². The van der Waals surface area contributed by atoms with Gasteiger partial charge in [-0.15, -0.1) is 0 Å². The predicted molar refractivity (Wildman–Crippen MR) is 130 cm³/mol. The molecular weight excluding hydrogens is 412 g/mol. The molecule has 2 aliphatic heterocycles. The van der Waals surface area contributed by atoms with Crippen LogP contribution in [0.5, 0.6) is 5.75 Å². The van der Waals surface area contributed by atoms with Gasteiger partial charge in [0.05, 0.1) is 6.10 Å². The fraction of sp³-hybridized carbons (Fsp3) is 0.536. The van der Waals surface area contributed by atoms with E-state index in [1.165, 1.54) is 55.5 Å². The van der Waals surface area contributed by atoms with E-state index in [2.05, 4.69) is 28.4 Å². The second-order valence-corrected chi connectivity index (χ2v) is 9.84. The Morgan fingerprint density at radius 3 is 2.52 bits per heavy atom. The van der Waals surface area contributed by atoms with Gasteiger partial charge in [0.1, 0.15) is 12.4 Å². The Labute approximate surface area is 197 Å². The molecule has 5 nitrogen and oxygen atoms in total. The highest BCUT2D eigenvalue weighted by Gasteiger charge is 2.24. The monoisotopic (exact) mass is 448 g/mol. The second kappa shape index (κ2) is 10.7. The Hall–Kier alpha value is -2.37. The number of nitrogens with one attached hydrogen (secondary N) is 1. The summed E-state index contributed by atoms with van der Waals surface area (Å²) in [6.45, 7) is 4.89. The molecule has 33 heavy (non-hydrogen) atoms. The summed E-state index contributed by atoms with van der Waals surface area (Å²) in [6, 6.07) is 14.5. The number of hydrogen-bond acceptors (Lipinski definition) is 4. The molecule has 1 N–H and O–H groups in total. The standard InChI is InChI=1S/C28H36N2O3/c31-28(22-9-11-26(12-10-22)33-20-27-6-5-15-32-27)29-25-17-23-8-7-21(16-24(23)18-25)19-30-13-3-1-2-4-14-30/h7-12,16,25,27H,1-6,13-15,17-20H2,(H,29,31). The predicted octanol–water partition coefficient (Wildman–Crippen LogP) is 4.52. The largest absolute Gasteiger partial charge is 0.491 e. The summed E-state index contributed by atoms with van der Waals surface area (Å²) < 4.78 is 11.4. The van der Waals surface area contributed by atoms with Gasteiger partial charge in [0.25, 0.3) is 5.91 Å². The maximum Gasteiger partial charge on any atom is 0.251 e. The number of rotatable bonds is 7. The van der Waals surface area contributed by atoms with E-state index in [9.17, 15) is 4.79 Å². The van der Waals surface area contributed by atoms with Crippen LogP contribution in [0.1, 0.15) is 65.6 Å². The average Bonchev–Trinajstić information content (AvgIpc) is 3.42. The number of carbonyl (C=O) groups excluding carboxylic acids is 1. The van der Waals surface area contributed by atoms with Gasteiger partial charge >= 0.3 is 0 Å². The minimum Gasteiger partial charge on any atom is -0.491 e. The summed E-state index contributed by atoms with van der Waals surface area (Å²) in [5.74, 6) is 0.774. The maximum absolute atomic E-state index is 12.8. The van der Waals surface area contributed by atoms with Gasteiger partial charge in [-0.3, -0.25) is 9.69 Å². The molecule has 2 unspecified atom stereocenters. The van der Waals surface area contributed by atoms with Crippen molar-refractivity contribution in [3.05, 3.63) is 64.7 Å². The normalized spacial score (nSPS) is 23.2. The molecule has 2 atom stereocenters. The number of nitrogens with zero attached hydrogens (tertiary/aromatic N) is 1. The molecule has 0 saturated carbocycles. The third-order valence-corrected chi connectivity index (χ3v) is 7.22. The zero-order chi connectivity index (χ0) is 22.5. The highest BCUT2D eigenvalue weighted by Crippen LogP contribution is 2.25. The van der Waals surface area contributed by atoms with Gasteiger partial charge < -0.3 is 14.8 Å². The Bertz CT molecular complexity index is 929. The van der Waals surface area contributed by atoms with Crippen LogP contribution in [-0.2, 0) is 24.1 Å². The molecule has 1 amide bonds. The molecule has 5 rings (SSSR count). The van der Waals surface area contributed by atoms with E-state index >= 15 is 0 Å². The SMILES string of the molecule is O=C(NC1Cc2ccc(CN3CCCCCC3)cc2C1)c1ccc(OCC2CCCO2)cc1. The summed E-state index contributed by atoms with van der Waals surface area (Å²) in [5.41, 5.74) is 4.85. The molecule has 5 heteroatoms. The van der Waals surface area contributed by atoms with Crippen molar-refractivity contribution >= 4 is 5.91 Å². The van der Waals surface area contributed by atoms with Crippen LogP contribution in [0, 0.1) is 0 Å². The molecule has 2 saturated heterocycles. The topological polar surface area (TPSA) is 50.8 Å². The lowest BCUT2D eigenvalue weighted by molar-refractivity contribution is 0.0679. The minimum atomic E-state index is -0.0109. The van der Waals surface area contributed by atoms with Crippen LogP contribution < -0.4 is 10.1 Å². The first kappa shape index (κ1) is 22.4. The van der Waals surface area contributed by atoms with Crippen molar-refractivity contribution in [1.82, 2.24) is 10.2 Å². The molecule has 2 fully saturated rings. The van der Waals surface area contributed by atoms with Gasteiger partial charge in [-0.25, -0.2) is 0 Å². The Morgan fingerprint density at radius 1 is 0.970 bits per heavy atom. The van der Waals surface area contributed by atoms with E-state index in [-0.39, 0.29) is 18.1 Å². The molecule has 2 aromatic rings. The van der Waals surface area contributed by atoms with Crippen LogP contribution in [0.4, 0.5) is 0 Å². The highest BCUT2D eigenvalue weighted by molar-refractivity contribution is 5.94. The summed E-state index contributed by atoms with van der Waals surface area (Å²) >= 11 is 0. The molecule has 1 aliphatic carbocycles. The van der Waals surface area contributed by atoms with Crippen molar-refractivity contribution in [2.45, 2.75) is 70.1 Å². The third-order valence-electron chi connectivity index (χ3n) is 7.22. The Kier molecular flexibility index (Phi) is 7.27. The maximum atomic E-state index is 12.8. The summed E-state index contributed by atoms with van der Waals surface area (Å²) in [5, 5.41) is 3.24. The Balaban J connectivity index is 1.12. The van der Waals surface area contributed by atoms with Crippen LogP contribution in [0.15, 0.2) is 42.5 Å². The van der Waals surface area contributed by atoms with Crippen LogP contribution in [0.2, 0.25) is 0 Å². The van der Waals surface area contributed by atoms with Crippen molar-refractivity contribution in [1.29, 1.82) is 0 Å². The lowest BCUT2D eigenvalue weighted by Crippen LogP contribution is -2.35. The van der Waals surface area contributed by atoms with Gasteiger partial charge in [0.2, 0.25) is 0 Å². The molecule has 0 aromatic heterocycles. The van der Waals surface area contributed by atoms with Gasteiger partial charge in [0, 0.05) is 24.8 Å². The molecule has 3 aliphatic rings. The number of carbonyl (C=O) groups is 1. The van der Waals surface area contributed by atoms with E-state index in [4.69, 9.17) is 9.47 Å². The van der Waals surface area contributed by atoms with Crippen LogP contribution in [0.25, 0.3) is 0 Å². The van der Waals surface area contributed by atoms with Gasteiger partial charge in [-0.1, -0.05) is 31.0 Å². The lowest BCUT2D eigenvalue weighted by atomic mass is 10.1. The second-order valence-electron chi connectivity index (χ2n) is 9.84. The molecule has 2 aromatic carbocycles. The molecule has 0 bridgehead atoms. The van der Waals surface area contributed by atoms with E-state index in [1.807, 2.05) is 24.3 Å². The summed E-state index contributed by atoms with van der Waals surface area (Å²) in [7, 11) is 0. The third kappa shape index (κ3) is 5.96. The van der Waals surface area contributed by atoms with E-state index in [1.54, 1.807) is 0 Å². The number of amides is 1. The number of benzene rings is 2. The van der Waals surface area contributed by atoms with Gasteiger partial charge in [-0.05, 0) is 92.6 Å². The zero-order valence-corrected chi connectivity index (χ0v) is 19.6. The van der Waals surface area contributed by atoms with Crippen LogP contribution in [0.3, 0.4) is 0 Å². The van der Waals surface area contributed by atoms with Crippen molar-refractivity contribution in [2.24, 2.45) is 0 Å². The van der Waals surface area contributed by atoms with Crippen LogP contribution >= 0.6 is 0 Å². The first-order valence-electron chi connectivity index (χ1n) is 12.7. The fourth-order valence-corrected chi connectivity index (χ4v) is 5.36. The lowest BCUT2D eigenvalue weighted by Gasteiger charge is -2.20. The molecule has 0 spiro atoms. The summed E-state index contributed by atoms with van der Waals surface area (Å²) in [4.78, 5) is 15.4. The first-order chi connectivity index (χ1) is 16.2. The number of ether oxygens (including phenoxy) is 2. The number of fused-ring (bicyclic) bond motifs is 1. The average molecular weight is 449 g/mol. The van der Waals surface area contributed by atoms with Crippen molar-refractivity contribution in [2.75, 3.05) is 26.3 Å². The number of hydrogen-bond donors (Lipinski definition) is 1. The summed E-state index contributed by atoms with van der Waals surface area (Å²) in [6.07, 6.45) is 9.57. The van der Waals surface area contributed by atoms with Crippen molar-refractivity contribution in [3.63, 3.8) is 0 Å². The van der Waals surface area contributed by atoms with Crippen LogP contribution in [-0.4, -0.2) is 49.3 Å². The molecule has 0 radical (unpaired) electrons. The minimum absolute atomic E-state index is 0.0109. The fourth-order valence-electron chi connectivity index (χ4n) is 5.36. The zero-order valence-electron chi connectivity index (χ0n) is 19.6. The quantitative estimate of drug-likeness (QED) is 0.677. The van der Waals surface area contributed by atoms with Gasteiger partial charge in [0.15, 0.2) is 0 Å². The Morgan fingerprint density at radius 2 is 1.76 bits per heavy atom.